The first-order valence-corrected chi connectivity index (χ1v) is 7.50. The minimum atomic E-state index is 0.434. The fraction of sp³-hybridized carbons (Fsp3) is 0.647. The van der Waals surface area contributed by atoms with Gasteiger partial charge in [0.15, 0.2) is 0 Å². The van der Waals surface area contributed by atoms with E-state index in [9.17, 15) is 0 Å². The van der Waals surface area contributed by atoms with Crippen LogP contribution in [0.25, 0.3) is 0 Å². The van der Waals surface area contributed by atoms with E-state index in [1.54, 1.807) is 0 Å². The minimum Gasteiger partial charge on any atom is -0.307 e. The van der Waals surface area contributed by atoms with Crippen LogP contribution >= 0.6 is 0 Å². The molecule has 3 unspecified atom stereocenters. The molecule has 1 fully saturated rings. The molecule has 1 heterocycles. The molecular weight excluding hydrogens is 232 g/mol. The molecule has 1 saturated heterocycles. The molecule has 19 heavy (non-hydrogen) atoms. The van der Waals surface area contributed by atoms with Crippen molar-refractivity contribution in [2.75, 3.05) is 13.6 Å². The summed E-state index contributed by atoms with van der Waals surface area (Å²) in [6.45, 7) is 10.3. The Bertz CT molecular complexity index is 398. The van der Waals surface area contributed by atoms with Crippen LogP contribution in [-0.4, -0.2) is 30.6 Å². The quantitative estimate of drug-likeness (QED) is 0.896. The van der Waals surface area contributed by atoms with Gasteiger partial charge in [0.05, 0.1) is 0 Å². The van der Waals surface area contributed by atoms with Gasteiger partial charge in [-0.2, -0.15) is 0 Å². The van der Waals surface area contributed by atoms with Gasteiger partial charge in [0.2, 0.25) is 0 Å². The number of nitrogens with one attached hydrogen (secondary N) is 1. The third-order valence-corrected chi connectivity index (χ3v) is 4.65. The van der Waals surface area contributed by atoms with E-state index in [1.165, 1.54) is 24.1 Å². The molecule has 1 aliphatic heterocycles. The van der Waals surface area contributed by atoms with Crippen molar-refractivity contribution < 1.29 is 0 Å². The average Bonchev–Trinajstić information content (AvgIpc) is 2.36. The van der Waals surface area contributed by atoms with E-state index in [0.717, 1.165) is 0 Å². The summed E-state index contributed by atoms with van der Waals surface area (Å²) >= 11 is 0. The maximum atomic E-state index is 3.83. The number of hydrogen-bond donors (Lipinski definition) is 1. The summed E-state index contributed by atoms with van der Waals surface area (Å²) in [5, 5.41) is 3.83. The van der Waals surface area contributed by atoms with E-state index in [1.807, 2.05) is 0 Å². The summed E-state index contributed by atoms with van der Waals surface area (Å²) in [6, 6.07) is 10.6. The molecule has 1 aromatic rings. The fourth-order valence-corrected chi connectivity index (χ4v) is 3.05. The lowest BCUT2D eigenvalue weighted by atomic mass is 9.89. The van der Waals surface area contributed by atoms with Crippen LogP contribution in [0.5, 0.6) is 0 Å². The molecule has 106 valence electrons. The molecule has 0 radical (unpaired) electrons. The summed E-state index contributed by atoms with van der Waals surface area (Å²) < 4.78 is 0. The van der Waals surface area contributed by atoms with Crippen molar-refractivity contribution in [3.63, 3.8) is 0 Å². The van der Waals surface area contributed by atoms with Gasteiger partial charge in [-0.25, -0.2) is 0 Å². The van der Waals surface area contributed by atoms with Gasteiger partial charge in [-0.1, -0.05) is 36.8 Å². The molecule has 0 saturated carbocycles. The van der Waals surface area contributed by atoms with Crippen molar-refractivity contribution in [3.8, 4) is 0 Å². The number of aryl methyl sites for hydroxylation is 1. The van der Waals surface area contributed by atoms with Gasteiger partial charge in [0.1, 0.15) is 0 Å². The Balaban J connectivity index is 1.98. The predicted octanol–water partition coefficient (Wildman–Crippen LogP) is 3.37. The molecule has 2 rings (SSSR count). The fourth-order valence-electron chi connectivity index (χ4n) is 3.05. The Hall–Kier alpha value is -0.860. The lowest BCUT2D eigenvalue weighted by Crippen LogP contribution is -2.51. The Morgan fingerprint density at radius 3 is 2.47 bits per heavy atom. The van der Waals surface area contributed by atoms with Crippen LogP contribution in [0.1, 0.15) is 44.4 Å². The van der Waals surface area contributed by atoms with Gasteiger partial charge in [0, 0.05) is 24.7 Å². The van der Waals surface area contributed by atoms with Crippen molar-refractivity contribution in [1.82, 2.24) is 10.2 Å². The second kappa shape index (κ2) is 6.06. The monoisotopic (exact) mass is 260 g/mol. The van der Waals surface area contributed by atoms with Gasteiger partial charge in [0.25, 0.3) is 0 Å². The van der Waals surface area contributed by atoms with E-state index in [4.69, 9.17) is 0 Å². The molecule has 0 spiro atoms. The standard InChI is InChI=1S/C17H28N2/c1-12-6-8-16(9-7-12)15(4)18-17-10-14(3)19(5)11-13(17)2/h6-9,13-15,17-18H,10-11H2,1-5H3/t13?,14?,15-,17?/m0/s1. The third kappa shape index (κ3) is 3.58. The number of nitrogens with zero attached hydrogens (tertiary/aromatic N) is 1. The largest absolute Gasteiger partial charge is 0.307 e. The number of hydrogen-bond acceptors (Lipinski definition) is 2. The van der Waals surface area contributed by atoms with Gasteiger partial charge in [-0.05, 0) is 45.7 Å². The number of benzene rings is 1. The maximum Gasteiger partial charge on any atom is 0.0294 e. The van der Waals surface area contributed by atoms with Crippen LogP contribution in [0, 0.1) is 12.8 Å². The summed E-state index contributed by atoms with van der Waals surface area (Å²) in [6.07, 6.45) is 1.24. The smallest absolute Gasteiger partial charge is 0.0294 e. The first-order valence-electron chi connectivity index (χ1n) is 7.50. The second-order valence-electron chi connectivity index (χ2n) is 6.41. The predicted molar refractivity (Wildman–Crippen MR) is 82.4 cm³/mol. The molecule has 4 atom stereocenters. The van der Waals surface area contributed by atoms with Crippen LogP contribution in [0.3, 0.4) is 0 Å². The Morgan fingerprint density at radius 2 is 1.84 bits per heavy atom. The van der Waals surface area contributed by atoms with Crippen molar-refractivity contribution in [2.24, 2.45) is 5.92 Å². The van der Waals surface area contributed by atoms with E-state index in [2.05, 4.69) is 69.2 Å². The zero-order chi connectivity index (χ0) is 14.0. The lowest BCUT2D eigenvalue weighted by Gasteiger charge is -2.41. The Labute approximate surface area is 118 Å². The Morgan fingerprint density at radius 1 is 1.21 bits per heavy atom. The molecule has 0 amide bonds. The maximum absolute atomic E-state index is 3.83. The topological polar surface area (TPSA) is 15.3 Å². The van der Waals surface area contributed by atoms with Crippen molar-refractivity contribution in [3.05, 3.63) is 35.4 Å². The third-order valence-electron chi connectivity index (χ3n) is 4.65. The zero-order valence-electron chi connectivity index (χ0n) is 13.0. The van der Waals surface area contributed by atoms with E-state index in [0.29, 0.717) is 24.0 Å². The van der Waals surface area contributed by atoms with Crippen molar-refractivity contribution >= 4 is 0 Å². The molecule has 1 N–H and O–H groups in total. The van der Waals surface area contributed by atoms with Crippen LogP contribution in [0.15, 0.2) is 24.3 Å². The first-order chi connectivity index (χ1) is 8.97. The van der Waals surface area contributed by atoms with Gasteiger partial charge in [-0.15, -0.1) is 0 Å². The highest BCUT2D eigenvalue weighted by Crippen LogP contribution is 2.24. The van der Waals surface area contributed by atoms with E-state index < -0.39 is 0 Å². The lowest BCUT2D eigenvalue weighted by molar-refractivity contribution is 0.116. The van der Waals surface area contributed by atoms with Crippen LogP contribution < -0.4 is 5.32 Å². The molecular formula is C17H28N2. The Kier molecular flexibility index (Phi) is 4.64. The van der Waals surface area contributed by atoms with Gasteiger partial charge < -0.3 is 10.2 Å². The SMILES string of the molecule is Cc1ccc([C@H](C)NC2CC(C)N(C)CC2C)cc1. The first kappa shape index (κ1) is 14.5. The number of piperidine rings is 1. The van der Waals surface area contributed by atoms with Crippen molar-refractivity contribution in [1.29, 1.82) is 0 Å². The molecule has 0 bridgehead atoms. The van der Waals surface area contributed by atoms with Gasteiger partial charge in [-0.3, -0.25) is 0 Å². The van der Waals surface area contributed by atoms with E-state index in [-0.39, 0.29) is 0 Å². The summed E-state index contributed by atoms with van der Waals surface area (Å²) in [5.74, 6) is 0.717. The summed E-state index contributed by atoms with van der Waals surface area (Å²) in [4.78, 5) is 2.47. The molecule has 0 aromatic heterocycles. The molecule has 0 aliphatic carbocycles. The molecule has 2 heteroatoms. The normalized spacial score (nSPS) is 30.3. The molecule has 1 aromatic carbocycles. The summed E-state index contributed by atoms with van der Waals surface area (Å²) in [5.41, 5.74) is 2.72. The average molecular weight is 260 g/mol. The highest BCUT2D eigenvalue weighted by molar-refractivity contribution is 5.23. The van der Waals surface area contributed by atoms with Crippen LogP contribution in [0.2, 0.25) is 0 Å². The van der Waals surface area contributed by atoms with Gasteiger partial charge >= 0.3 is 0 Å². The number of likely N-dealkylation sites (tertiary alicyclic amines) is 1. The molecule has 1 aliphatic rings. The van der Waals surface area contributed by atoms with Crippen molar-refractivity contribution in [2.45, 2.75) is 52.2 Å². The van der Waals surface area contributed by atoms with E-state index >= 15 is 0 Å². The summed E-state index contributed by atoms with van der Waals surface area (Å²) in [7, 11) is 2.24. The number of rotatable bonds is 3. The highest BCUT2D eigenvalue weighted by Gasteiger charge is 2.29. The molecule has 2 nitrogen and oxygen atoms in total. The van der Waals surface area contributed by atoms with Crippen LogP contribution in [-0.2, 0) is 0 Å². The highest BCUT2D eigenvalue weighted by atomic mass is 15.2. The minimum absolute atomic E-state index is 0.434. The van der Waals surface area contributed by atoms with Crippen LogP contribution in [0.4, 0.5) is 0 Å². The second-order valence-corrected chi connectivity index (χ2v) is 6.41. The zero-order valence-corrected chi connectivity index (χ0v) is 13.0.